The van der Waals surface area contributed by atoms with Gasteiger partial charge in [0, 0.05) is 13.2 Å². The molecule has 1 heterocycles. The third-order valence-electron chi connectivity index (χ3n) is 1.67. The molecule has 13 heavy (non-hydrogen) atoms. The fourth-order valence-corrected chi connectivity index (χ4v) is 1.47. The van der Waals surface area contributed by atoms with E-state index in [-0.39, 0.29) is 18.4 Å². The Balaban J connectivity index is 2.35. The number of aliphatic hydroxyl groups excluding tert-OH is 1. The summed E-state index contributed by atoms with van der Waals surface area (Å²) in [5.74, 6) is 0.0548. The zero-order valence-electron chi connectivity index (χ0n) is 7.49. The molecule has 2 N–H and O–H groups in total. The van der Waals surface area contributed by atoms with E-state index in [2.05, 4.69) is 5.32 Å². The molecule has 1 amide bonds. The molecule has 0 saturated heterocycles. The van der Waals surface area contributed by atoms with Crippen LogP contribution in [0.5, 0.6) is 0 Å². The van der Waals surface area contributed by atoms with Crippen LogP contribution >= 0.6 is 11.3 Å². The van der Waals surface area contributed by atoms with Crippen molar-refractivity contribution >= 4 is 17.2 Å². The van der Waals surface area contributed by atoms with Gasteiger partial charge in [0.15, 0.2) is 0 Å². The van der Waals surface area contributed by atoms with Crippen molar-refractivity contribution in [3.8, 4) is 0 Å². The summed E-state index contributed by atoms with van der Waals surface area (Å²) in [7, 11) is 0. The molecule has 1 rings (SSSR count). The number of aliphatic hydroxyl groups is 1. The van der Waals surface area contributed by atoms with Crippen LogP contribution in [0, 0.1) is 5.92 Å². The smallest absolute Gasteiger partial charge is 0.261 e. The van der Waals surface area contributed by atoms with Crippen LogP contribution in [-0.2, 0) is 0 Å². The van der Waals surface area contributed by atoms with E-state index in [0.717, 1.165) is 0 Å². The lowest BCUT2D eigenvalue weighted by molar-refractivity contribution is 0.0946. The van der Waals surface area contributed by atoms with Gasteiger partial charge in [0.25, 0.3) is 5.91 Å². The lowest BCUT2D eigenvalue weighted by atomic mass is 10.2. The Morgan fingerprint density at radius 1 is 1.77 bits per heavy atom. The molecule has 1 atom stereocenters. The number of hydrogen-bond acceptors (Lipinski definition) is 3. The molecule has 0 aromatic carbocycles. The van der Waals surface area contributed by atoms with Crippen molar-refractivity contribution in [3.05, 3.63) is 22.4 Å². The third kappa shape index (κ3) is 3.16. The minimum absolute atomic E-state index is 0.0599. The van der Waals surface area contributed by atoms with E-state index >= 15 is 0 Å². The quantitative estimate of drug-likeness (QED) is 0.763. The highest BCUT2D eigenvalue weighted by atomic mass is 32.1. The third-order valence-corrected chi connectivity index (χ3v) is 2.54. The van der Waals surface area contributed by atoms with Crippen LogP contribution in [0.4, 0.5) is 0 Å². The maximum absolute atomic E-state index is 11.3. The van der Waals surface area contributed by atoms with Gasteiger partial charge in [-0.25, -0.2) is 0 Å². The molecule has 0 spiro atoms. The number of rotatable bonds is 4. The number of hydrogen-bond donors (Lipinski definition) is 2. The zero-order valence-corrected chi connectivity index (χ0v) is 8.30. The summed E-state index contributed by atoms with van der Waals surface area (Å²) in [6.45, 7) is 2.51. The maximum Gasteiger partial charge on any atom is 0.261 e. The lowest BCUT2D eigenvalue weighted by Crippen LogP contribution is -2.28. The number of carbonyl (C=O) groups is 1. The van der Waals surface area contributed by atoms with Gasteiger partial charge in [0.2, 0.25) is 0 Å². The van der Waals surface area contributed by atoms with Gasteiger partial charge < -0.3 is 10.4 Å². The van der Waals surface area contributed by atoms with Crippen molar-refractivity contribution in [2.45, 2.75) is 6.92 Å². The van der Waals surface area contributed by atoms with Crippen LogP contribution in [0.3, 0.4) is 0 Å². The second-order valence-corrected chi connectivity index (χ2v) is 3.92. The minimum Gasteiger partial charge on any atom is -0.396 e. The molecule has 1 aromatic heterocycles. The molecule has 0 unspecified atom stereocenters. The molecule has 0 aliphatic carbocycles. The van der Waals surface area contributed by atoms with E-state index in [1.807, 2.05) is 18.4 Å². The summed E-state index contributed by atoms with van der Waals surface area (Å²) in [5, 5.41) is 13.3. The number of nitrogens with one attached hydrogen (secondary N) is 1. The van der Waals surface area contributed by atoms with Crippen LogP contribution in [-0.4, -0.2) is 24.2 Å². The Bertz CT molecular complexity index is 259. The highest BCUT2D eigenvalue weighted by Crippen LogP contribution is 2.07. The van der Waals surface area contributed by atoms with Crippen LogP contribution in [0.2, 0.25) is 0 Å². The summed E-state index contributed by atoms with van der Waals surface area (Å²) >= 11 is 1.42. The molecular formula is C9H13NO2S. The van der Waals surface area contributed by atoms with Gasteiger partial charge in [-0.2, -0.15) is 0 Å². The van der Waals surface area contributed by atoms with Gasteiger partial charge in [0.05, 0.1) is 4.88 Å². The van der Waals surface area contributed by atoms with Crippen molar-refractivity contribution in [2.75, 3.05) is 13.2 Å². The second-order valence-electron chi connectivity index (χ2n) is 2.98. The van der Waals surface area contributed by atoms with Gasteiger partial charge in [-0.3, -0.25) is 4.79 Å². The Kier molecular flexibility index (Phi) is 3.92. The molecule has 0 aliphatic heterocycles. The molecule has 72 valence electrons. The van der Waals surface area contributed by atoms with E-state index in [0.29, 0.717) is 11.4 Å². The van der Waals surface area contributed by atoms with Gasteiger partial charge in [-0.1, -0.05) is 13.0 Å². The molecule has 1 aromatic rings. The van der Waals surface area contributed by atoms with Crippen LogP contribution in [0.25, 0.3) is 0 Å². The first-order valence-electron chi connectivity index (χ1n) is 4.16. The van der Waals surface area contributed by atoms with Crippen LogP contribution in [0.15, 0.2) is 17.5 Å². The highest BCUT2D eigenvalue weighted by molar-refractivity contribution is 7.12. The fourth-order valence-electron chi connectivity index (χ4n) is 0.826. The minimum atomic E-state index is -0.0599. The van der Waals surface area contributed by atoms with Crippen LogP contribution < -0.4 is 5.32 Å². The Morgan fingerprint density at radius 3 is 3.08 bits per heavy atom. The summed E-state index contributed by atoms with van der Waals surface area (Å²) in [6.07, 6.45) is 0. The van der Waals surface area contributed by atoms with Gasteiger partial charge in [0.1, 0.15) is 0 Å². The van der Waals surface area contributed by atoms with Gasteiger partial charge >= 0.3 is 0 Å². The summed E-state index contributed by atoms with van der Waals surface area (Å²) in [6, 6.07) is 3.62. The summed E-state index contributed by atoms with van der Waals surface area (Å²) in [4.78, 5) is 12.1. The Morgan fingerprint density at radius 2 is 2.54 bits per heavy atom. The monoisotopic (exact) mass is 199 g/mol. The molecule has 0 radical (unpaired) electrons. The fraction of sp³-hybridized carbons (Fsp3) is 0.444. The molecule has 4 heteroatoms. The van der Waals surface area contributed by atoms with Crippen molar-refractivity contribution in [2.24, 2.45) is 5.92 Å². The average molecular weight is 199 g/mol. The zero-order chi connectivity index (χ0) is 9.68. The molecule has 3 nitrogen and oxygen atoms in total. The molecule has 0 fully saturated rings. The predicted octanol–water partition coefficient (Wildman–Crippen LogP) is 1.11. The largest absolute Gasteiger partial charge is 0.396 e. The topological polar surface area (TPSA) is 49.3 Å². The Labute approximate surface area is 81.4 Å². The lowest BCUT2D eigenvalue weighted by Gasteiger charge is -2.08. The number of amides is 1. The highest BCUT2D eigenvalue weighted by Gasteiger charge is 2.07. The van der Waals surface area contributed by atoms with Crippen molar-refractivity contribution in [3.63, 3.8) is 0 Å². The molecule has 0 aliphatic rings. The normalized spacial score (nSPS) is 12.5. The SMILES string of the molecule is C[C@H](CO)CNC(=O)c1cccs1. The van der Waals surface area contributed by atoms with E-state index in [4.69, 9.17) is 5.11 Å². The van der Waals surface area contributed by atoms with E-state index in [9.17, 15) is 4.79 Å². The molecular weight excluding hydrogens is 186 g/mol. The number of thiophene rings is 1. The van der Waals surface area contributed by atoms with Crippen molar-refractivity contribution < 1.29 is 9.90 Å². The second kappa shape index (κ2) is 4.99. The van der Waals surface area contributed by atoms with Crippen molar-refractivity contribution in [1.82, 2.24) is 5.32 Å². The first-order chi connectivity index (χ1) is 6.24. The van der Waals surface area contributed by atoms with Gasteiger partial charge in [-0.05, 0) is 17.4 Å². The standard InChI is InChI=1S/C9H13NO2S/c1-7(6-11)5-10-9(12)8-3-2-4-13-8/h2-4,7,11H,5-6H2,1H3,(H,10,12)/t7-/m0/s1. The Hall–Kier alpha value is -0.870. The first-order valence-corrected chi connectivity index (χ1v) is 5.04. The number of carbonyl (C=O) groups excluding carboxylic acids is 1. The van der Waals surface area contributed by atoms with E-state index in [1.54, 1.807) is 6.07 Å². The van der Waals surface area contributed by atoms with E-state index in [1.165, 1.54) is 11.3 Å². The molecule has 0 saturated carbocycles. The van der Waals surface area contributed by atoms with Crippen LogP contribution in [0.1, 0.15) is 16.6 Å². The average Bonchev–Trinajstić information content (AvgIpc) is 2.66. The summed E-state index contributed by atoms with van der Waals surface area (Å²) in [5.41, 5.74) is 0. The van der Waals surface area contributed by atoms with E-state index < -0.39 is 0 Å². The first kappa shape index (κ1) is 10.2. The molecule has 0 bridgehead atoms. The van der Waals surface area contributed by atoms with Gasteiger partial charge in [-0.15, -0.1) is 11.3 Å². The summed E-state index contributed by atoms with van der Waals surface area (Å²) < 4.78 is 0. The maximum atomic E-state index is 11.3. The van der Waals surface area contributed by atoms with Crippen molar-refractivity contribution in [1.29, 1.82) is 0 Å². The predicted molar refractivity (Wildman–Crippen MR) is 52.9 cm³/mol.